The Hall–Kier alpha value is -2.11. The minimum absolute atomic E-state index is 0.220. The van der Waals surface area contributed by atoms with Gasteiger partial charge in [0, 0.05) is 25.7 Å². The van der Waals surface area contributed by atoms with E-state index in [-0.39, 0.29) is 11.3 Å². The third-order valence-corrected chi connectivity index (χ3v) is 2.30. The van der Waals surface area contributed by atoms with Gasteiger partial charge in [-0.05, 0) is 0 Å². The van der Waals surface area contributed by atoms with E-state index in [4.69, 9.17) is 0 Å². The van der Waals surface area contributed by atoms with E-state index in [1.54, 1.807) is 18.2 Å². The molecule has 0 aliphatic heterocycles. The standard InChI is InChI=1S/C13H12F3NO2/c1-17(2)10(8-11(18)13(14,15)16)12(19)9-6-4-3-5-7-9/h3-8H,1-2H3/b10-8+. The molecule has 6 heteroatoms. The van der Waals surface area contributed by atoms with Gasteiger partial charge in [-0.25, -0.2) is 0 Å². The SMILES string of the molecule is CN(C)/C(=C/C(=O)C(F)(F)F)C(=O)c1ccccc1. The summed E-state index contributed by atoms with van der Waals surface area (Å²) in [5.74, 6) is -2.69. The van der Waals surface area contributed by atoms with Crippen molar-refractivity contribution < 1.29 is 22.8 Å². The summed E-state index contributed by atoms with van der Waals surface area (Å²) in [5.41, 5.74) is -0.0917. The fraction of sp³-hybridized carbons (Fsp3) is 0.231. The summed E-state index contributed by atoms with van der Waals surface area (Å²) >= 11 is 0. The Morgan fingerprint density at radius 1 is 1.11 bits per heavy atom. The first kappa shape index (κ1) is 14.9. The molecule has 0 saturated heterocycles. The molecule has 1 aromatic carbocycles. The number of hydrogen-bond acceptors (Lipinski definition) is 3. The van der Waals surface area contributed by atoms with Gasteiger partial charge < -0.3 is 4.90 Å². The van der Waals surface area contributed by atoms with Crippen LogP contribution in [0.15, 0.2) is 42.1 Å². The maximum absolute atomic E-state index is 12.2. The van der Waals surface area contributed by atoms with Crippen molar-refractivity contribution in [3.63, 3.8) is 0 Å². The molecule has 0 unspecified atom stereocenters. The number of rotatable bonds is 4. The molecular weight excluding hydrogens is 259 g/mol. The molecule has 1 rings (SSSR count). The van der Waals surface area contributed by atoms with Crippen LogP contribution >= 0.6 is 0 Å². The number of carbonyl (C=O) groups excluding carboxylic acids is 2. The Kier molecular flexibility index (Phi) is 4.47. The highest BCUT2D eigenvalue weighted by Crippen LogP contribution is 2.19. The first-order valence-electron chi connectivity index (χ1n) is 5.33. The summed E-state index contributed by atoms with van der Waals surface area (Å²) < 4.78 is 36.6. The number of hydrogen-bond donors (Lipinski definition) is 0. The molecule has 0 aliphatic rings. The number of carbonyl (C=O) groups is 2. The summed E-state index contributed by atoms with van der Waals surface area (Å²) in [7, 11) is 2.80. The predicted molar refractivity (Wildman–Crippen MR) is 63.6 cm³/mol. The van der Waals surface area contributed by atoms with E-state index in [0.717, 1.165) is 0 Å². The maximum Gasteiger partial charge on any atom is 0.454 e. The summed E-state index contributed by atoms with van der Waals surface area (Å²) in [6.07, 6.45) is -4.67. The van der Waals surface area contributed by atoms with Crippen molar-refractivity contribution in [2.24, 2.45) is 0 Å². The number of nitrogens with zero attached hydrogens (tertiary/aromatic N) is 1. The van der Waals surface area contributed by atoms with Gasteiger partial charge in [0.2, 0.25) is 5.78 Å². The summed E-state index contributed by atoms with van der Waals surface area (Å²) in [5, 5.41) is 0. The molecule has 0 heterocycles. The molecule has 0 aromatic heterocycles. The molecule has 19 heavy (non-hydrogen) atoms. The van der Waals surface area contributed by atoms with Gasteiger partial charge in [-0.15, -0.1) is 0 Å². The molecule has 0 N–H and O–H groups in total. The van der Waals surface area contributed by atoms with Gasteiger partial charge in [0.05, 0.1) is 5.70 Å². The van der Waals surface area contributed by atoms with E-state index in [2.05, 4.69) is 0 Å². The van der Waals surface area contributed by atoms with Crippen molar-refractivity contribution in [3.05, 3.63) is 47.7 Å². The van der Waals surface area contributed by atoms with Crippen LogP contribution in [0.1, 0.15) is 10.4 Å². The van der Waals surface area contributed by atoms with Crippen LogP contribution in [0.25, 0.3) is 0 Å². The molecule has 1 aromatic rings. The fourth-order valence-electron chi connectivity index (χ4n) is 1.34. The molecule has 0 amide bonds. The highest BCUT2D eigenvalue weighted by atomic mass is 19.4. The molecule has 102 valence electrons. The molecule has 0 aliphatic carbocycles. The van der Waals surface area contributed by atoms with Gasteiger partial charge in [0.25, 0.3) is 5.78 Å². The Morgan fingerprint density at radius 2 is 1.63 bits per heavy atom. The van der Waals surface area contributed by atoms with Gasteiger partial charge in [0.1, 0.15) is 0 Å². The zero-order chi connectivity index (χ0) is 14.6. The van der Waals surface area contributed by atoms with Crippen molar-refractivity contribution in [1.29, 1.82) is 0 Å². The van der Waals surface area contributed by atoms with Gasteiger partial charge >= 0.3 is 6.18 Å². The van der Waals surface area contributed by atoms with Gasteiger partial charge in [-0.2, -0.15) is 13.2 Å². The Bertz CT molecular complexity index is 504. The lowest BCUT2D eigenvalue weighted by Gasteiger charge is -2.16. The van der Waals surface area contributed by atoms with Crippen molar-refractivity contribution in [2.45, 2.75) is 6.18 Å². The average molecular weight is 271 g/mol. The van der Waals surface area contributed by atoms with E-state index in [9.17, 15) is 22.8 Å². The van der Waals surface area contributed by atoms with Crippen LogP contribution in [-0.4, -0.2) is 36.7 Å². The van der Waals surface area contributed by atoms with E-state index in [1.165, 1.54) is 31.1 Å². The molecule has 0 atom stereocenters. The van der Waals surface area contributed by atoms with E-state index in [1.807, 2.05) is 0 Å². The number of likely N-dealkylation sites (N-methyl/N-ethyl adjacent to an activating group) is 1. The molecule has 0 saturated carbocycles. The molecule has 3 nitrogen and oxygen atoms in total. The van der Waals surface area contributed by atoms with Crippen LogP contribution in [0.5, 0.6) is 0 Å². The molecule has 0 fully saturated rings. The number of benzene rings is 1. The number of halogens is 3. The summed E-state index contributed by atoms with van der Waals surface area (Å²) in [6, 6.07) is 7.80. The third-order valence-electron chi connectivity index (χ3n) is 2.30. The lowest BCUT2D eigenvalue weighted by atomic mass is 10.1. The topological polar surface area (TPSA) is 37.4 Å². The maximum atomic E-state index is 12.2. The first-order valence-corrected chi connectivity index (χ1v) is 5.33. The van der Waals surface area contributed by atoms with Crippen molar-refractivity contribution in [2.75, 3.05) is 14.1 Å². The van der Waals surface area contributed by atoms with Gasteiger partial charge in [0.15, 0.2) is 0 Å². The molecule has 0 radical (unpaired) electrons. The highest BCUT2D eigenvalue weighted by Gasteiger charge is 2.37. The third kappa shape index (κ3) is 3.94. The average Bonchev–Trinajstić information content (AvgIpc) is 2.34. The Morgan fingerprint density at radius 3 is 2.05 bits per heavy atom. The molecular formula is C13H12F3NO2. The van der Waals surface area contributed by atoms with E-state index in [0.29, 0.717) is 6.08 Å². The van der Waals surface area contributed by atoms with Crippen LogP contribution in [0, 0.1) is 0 Å². The number of alkyl halides is 3. The van der Waals surface area contributed by atoms with Crippen LogP contribution in [0.4, 0.5) is 13.2 Å². The largest absolute Gasteiger partial charge is 0.454 e. The minimum atomic E-state index is -4.99. The van der Waals surface area contributed by atoms with E-state index >= 15 is 0 Å². The Balaban J connectivity index is 3.13. The van der Waals surface area contributed by atoms with Gasteiger partial charge in [-0.3, -0.25) is 9.59 Å². The fourth-order valence-corrected chi connectivity index (χ4v) is 1.34. The van der Waals surface area contributed by atoms with E-state index < -0.39 is 17.7 Å². The lowest BCUT2D eigenvalue weighted by Crippen LogP contribution is -2.26. The molecule has 0 spiro atoms. The number of Topliss-reactive ketones (excluding diaryl/α,β-unsaturated/α-hetero) is 1. The zero-order valence-electron chi connectivity index (χ0n) is 10.4. The normalized spacial score (nSPS) is 12.2. The molecule has 0 bridgehead atoms. The lowest BCUT2D eigenvalue weighted by molar-refractivity contribution is -0.165. The second kappa shape index (κ2) is 5.69. The first-order chi connectivity index (χ1) is 8.73. The number of allylic oxidation sites excluding steroid dienone is 2. The van der Waals surface area contributed by atoms with Crippen LogP contribution in [-0.2, 0) is 4.79 Å². The Labute approximate surface area is 108 Å². The van der Waals surface area contributed by atoms with Crippen LogP contribution in [0.3, 0.4) is 0 Å². The van der Waals surface area contributed by atoms with Crippen LogP contribution < -0.4 is 0 Å². The predicted octanol–water partition coefficient (Wildman–Crippen LogP) is 2.45. The second-order valence-electron chi connectivity index (χ2n) is 3.98. The second-order valence-corrected chi connectivity index (χ2v) is 3.98. The zero-order valence-corrected chi connectivity index (χ0v) is 10.4. The smallest absolute Gasteiger partial charge is 0.374 e. The summed E-state index contributed by atoms with van der Waals surface area (Å²) in [4.78, 5) is 24.1. The van der Waals surface area contributed by atoms with Crippen molar-refractivity contribution >= 4 is 11.6 Å². The van der Waals surface area contributed by atoms with Crippen LogP contribution in [0.2, 0.25) is 0 Å². The number of ketones is 2. The minimum Gasteiger partial charge on any atom is -0.374 e. The monoisotopic (exact) mass is 271 g/mol. The van der Waals surface area contributed by atoms with Crippen molar-refractivity contribution in [1.82, 2.24) is 4.90 Å². The summed E-state index contributed by atoms with van der Waals surface area (Å²) in [6.45, 7) is 0. The quantitative estimate of drug-likeness (QED) is 0.623. The van der Waals surface area contributed by atoms with Crippen molar-refractivity contribution in [3.8, 4) is 0 Å². The highest BCUT2D eigenvalue weighted by molar-refractivity contribution is 6.12. The van der Waals surface area contributed by atoms with Gasteiger partial charge in [-0.1, -0.05) is 30.3 Å².